The van der Waals surface area contributed by atoms with Crippen LogP contribution in [0.15, 0.2) is 48.5 Å². The average molecular weight is 263 g/mol. The van der Waals surface area contributed by atoms with Gasteiger partial charge >= 0.3 is 0 Å². The number of benzene rings is 2. The van der Waals surface area contributed by atoms with Crippen molar-refractivity contribution in [1.82, 2.24) is 0 Å². The lowest BCUT2D eigenvalue weighted by molar-refractivity contribution is 0.571. The van der Waals surface area contributed by atoms with Gasteiger partial charge in [-0.3, -0.25) is 0 Å². The third-order valence-corrected chi connectivity index (χ3v) is 2.98. The molecule has 0 spiro atoms. The van der Waals surface area contributed by atoms with Crippen LogP contribution in [0.5, 0.6) is 0 Å². The van der Waals surface area contributed by atoms with Gasteiger partial charge in [-0.15, -0.1) is 0 Å². The molecule has 2 aromatic rings. The minimum absolute atomic E-state index is 0.0667. The highest BCUT2D eigenvalue weighted by Crippen LogP contribution is 2.14. The predicted molar refractivity (Wildman–Crippen MR) is 75.0 cm³/mol. The molecule has 1 N–H and O–H groups in total. The molecule has 0 aliphatic rings. The third-order valence-electron chi connectivity index (χ3n) is 2.50. The first-order valence-electron chi connectivity index (χ1n) is 5.22. The summed E-state index contributed by atoms with van der Waals surface area (Å²) in [6.07, 6.45) is 0.799. The normalized spacial score (nSPS) is 10.2. The zero-order valence-electron chi connectivity index (χ0n) is 9.06. The van der Waals surface area contributed by atoms with E-state index in [1.54, 1.807) is 6.07 Å². The van der Waals surface area contributed by atoms with Crippen LogP contribution in [-0.4, -0.2) is 10.2 Å². The van der Waals surface area contributed by atoms with E-state index in [1.807, 2.05) is 42.5 Å². The minimum Gasteiger partial charge on any atom is -0.499 e. The van der Waals surface area contributed by atoms with E-state index in [4.69, 9.17) is 23.8 Å². The molecule has 0 aromatic heterocycles. The van der Waals surface area contributed by atoms with Gasteiger partial charge in [0.15, 0.2) is 5.05 Å². The van der Waals surface area contributed by atoms with Gasteiger partial charge in [0, 0.05) is 10.6 Å². The fraction of sp³-hybridized carbons (Fsp3) is 0.0714. The van der Waals surface area contributed by atoms with Crippen LogP contribution >= 0.6 is 23.8 Å². The minimum atomic E-state index is -0.0667. The highest BCUT2D eigenvalue weighted by atomic mass is 35.5. The summed E-state index contributed by atoms with van der Waals surface area (Å²) >= 11 is 10.6. The van der Waals surface area contributed by atoms with E-state index in [-0.39, 0.29) is 5.05 Å². The van der Waals surface area contributed by atoms with E-state index in [2.05, 4.69) is 0 Å². The lowest BCUT2D eigenvalue weighted by atomic mass is 10.0. The summed E-state index contributed by atoms with van der Waals surface area (Å²) in [5.41, 5.74) is 2.98. The van der Waals surface area contributed by atoms with E-state index < -0.39 is 0 Å². The van der Waals surface area contributed by atoms with Gasteiger partial charge < -0.3 is 5.11 Å². The molecule has 1 nitrogen and oxygen atoms in total. The lowest BCUT2D eigenvalue weighted by Crippen LogP contribution is -1.96. The third kappa shape index (κ3) is 3.29. The van der Waals surface area contributed by atoms with Crippen LogP contribution in [0, 0.1) is 0 Å². The van der Waals surface area contributed by atoms with Crippen molar-refractivity contribution in [2.24, 2.45) is 0 Å². The molecule has 0 amide bonds. The van der Waals surface area contributed by atoms with Gasteiger partial charge in [0.05, 0.1) is 0 Å². The van der Waals surface area contributed by atoms with Gasteiger partial charge in [-0.1, -0.05) is 41.9 Å². The number of hydrogen-bond donors (Lipinski definition) is 1. The number of rotatable bonds is 3. The Morgan fingerprint density at radius 2 is 1.76 bits per heavy atom. The maximum absolute atomic E-state index is 9.26. The monoisotopic (exact) mass is 262 g/mol. The molecule has 0 aliphatic heterocycles. The zero-order chi connectivity index (χ0) is 12.3. The Morgan fingerprint density at radius 3 is 2.41 bits per heavy atom. The van der Waals surface area contributed by atoms with Crippen LogP contribution < -0.4 is 0 Å². The van der Waals surface area contributed by atoms with Crippen molar-refractivity contribution in [2.45, 2.75) is 6.42 Å². The molecule has 3 heteroatoms. The van der Waals surface area contributed by atoms with Crippen LogP contribution in [0.25, 0.3) is 0 Å². The first-order valence-corrected chi connectivity index (χ1v) is 6.00. The summed E-state index contributed by atoms with van der Waals surface area (Å²) in [6.45, 7) is 0. The first-order chi connectivity index (χ1) is 8.15. The Labute approximate surface area is 111 Å². The van der Waals surface area contributed by atoms with E-state index in [0.29, 0.717) is 5.56 Å². The van der Waals surface area contributed by atoms with Crippen molar-refractivity contribution >= 4 is 28.9 Å². The maximum atomic E-state index is 9.26. The molecule has 0 saturated carbocycles. The topological polar surface area (TPSA) is 20.2 Å². The van der Waals surface area contributed by atoms with E-state index in [0.717, 1.165) is 17.0 Å². The van der Waals surface area contributed by atoms with Crippen molar-refractivity contribution < 1.29 is 5.11 Å². The van der Waals surface area contributed by atoms with Gasteiger partial charge in [0.2, 0.25) is 0 Å². The molecule has 17 heavy (non-hydrogen) atoms. The van der Waals surface area contributed by atoms with Crippen LogP contribution in [-0.2, 0) is 6.42 Å². The summed E-state index contributed by atoms with van der Waals surface area (Å²) in [5.74, 6) is 0. The SMILES string of the molecule is OC(=S)c1cccc(Cc2ccc(Cl)cc2)c1. The van der Waals surface area contributed by atoms with Gasteiger partial charge in [0.1, 0.15) is 0 Å². The molecule has 0 aliphatic carbocycles. The Bertz CT molecular complexity index is 534. The highest BCUT2D eigenvalue weighted by molar-refractivity contribution is 7.80. The van der Waals surface area contributed by atoms with Gasteiger partial charge in [0.25, 0.3) is 0 Å². The van der Waals surface area contributed by atoms with E-state index in [1.165, 1.54) is 5.56 Å². The second kappa shape index (κ2) is 5.30. The Kier molecular flexibility index (Phi) is 3.77. The van der Waals surface area contributed by atoms with Crippen molar-refractivity contribution in [3.05, 3.63) is 70.2 Å². The Hall–Kier alpha value is -1.38. The molecule has 0 atom stereocenters. The van der Waals surface area contributed by atoms with Crippen LogP contribution in [0.2, 0.25) is 5.02 Å². The first kappa shape index (κ1) is 12.1. The molecule has 2 aromatic carbocycles. The molecule has 0 bridgehead atoms. The second-order valence-corrected chi connectivity index (χ2v) is 4.63. The van der Waals surface area contributed by atoms with Crippen LogP contribution in [0.4, 0.5) is 0 Å². The zero-order valence-corrected chi connectivity index (χ0v) is 10.6. The molecular formula is C14H11ClOS. The van der Waals surface area contributed by atoms with Crippen molar-refractivity contribution in [1.29, 1.82) is 0 Å². The number of hydrogen-bond acceptors (Lipinski definition) is 1. The van der Waals surface area contributed by atoms with E-state index >= 15 is 0 Å². The molecule has 0 unspecified atom stereocenters. The summed E-state index contributed by atoms with van der Waals surface area (Å²) in [7, 11) is 0. The van der Waals surface area contributed by atoms with Gasteiger partial charge in [-0.2, -0.15) is 0 Å². The summed E-state index contributed by atoms with van der Waals surface area (Å²) in [6, 6.07) is 15.3. The quantitative estimate of drug-likeness (QED) is 0.838. The van der Waals surface area contributed by atoms with E-state index in [9.17, 15) is 5.11 Å². The summed E-state index contributed by atoms with van der Waals surface area (Å²) in [5, 5.41) is 9.93. The van der Waals surface area contributed by atoms with Crippen molar-refractivity contribution in [3.63, 3.8) is 0 Å². The lowest BCUT2D eigenvalue weighted by Gasteiger charge is -2.04. The fourth-order valence-corrected chi connectivity index (χ4v) is 1.91. The molecule has 0 fully saturated rings. The van der Waals surface area contributed by atoms with Crippen molar-refractivity contribution in [3.8, 4) is 0 Å². The highest BCUT2D eigenvalue weighted by Gasteiger charge is 2.01. The molecule has 0 heterocycles. The second-order valence-electron chi connectivity index (χ2n) is 3.81. The van der Waals surface area contributed by atoms with Crippen LogP contribution in [0.3, 0.4) is 0 Å². The van der Waals surface area contributed by atoms with Gasteiger partial charge in [-0.25, -0.2) is 0 Å². The number of aliphatic hydroxyl groups excluding tert-OH is 1. The maximum Gasteiger partial charge on any atom is 0.188 e. The molecular weight excluding hydrogens is 252 g/mol. The standard InChI is InChI=1S/C14H11ClOS/c15-13-6-4-10(5-7-13)8-11-2-1-3-12(9-11)14(16)17/h1-7,9H,8H2,(H,16,17). The predicted octanol–water partition coefficient (Wildman–Crippen LogP) is 4.16. The Morgan fingerprint density at radius 1 is 1.06 bits per heavy atom. The van der Waals surface area contributed by atoms with Gasteiger partial charge in [-0.05, 0) is 48.0 Å². The number of thiocarbonyl (C=S) groups is 1. The smallest absolute Gasteiger partial charge is 0.188 e. The molecule has 2 rings (SSSR count). The number of halogens is 1. The molecule has 86 valence electrons. The number of aliphatic hydroxyl groups is 1. The largest absolute Gasteiger partial charge is 0.499 e. The summed E-state index contributed by atoms with van der Waals surface area (Å²) in [4.78, 5) is 0. The fourth-order valence-electron chi connectivity index (χ4n) is 1.65. The summed E-state index contributed by atoms with van der Waals surface area (Å²) < 4.78 is 0. The van der Waals surface area contributed by atoms with Crippen molar-refractivity contribution in [2.75, 3.05) is 0 Å². The molecule has 0 radical (unpaired) electrons. The average Bonchev–Trinajstić information content (AvgIpc) is 2.32. The Balaban J connectivity index is 2.21. The molecule has 0 saturated heterocycles. The van der Waals surface area contributed by atoms with Crippen LogP contribution in [0.1, 0.15) is 16.7 Å².